The maximum absolute atomic E-state index is 15.2. The number of hydrogen-bond acceptors (Lipinski definition) is 5. The quantitative estimate of drug-likeness (QED) is 0.189. The van der Waals surface area contributed by atoms with Crippen molar-refractivity contribution in [2.75, 3.05) is 26.3 Å². The summed E-state index contributed by atoms with van der Waals surface area (Å²) >= 11 is 0. The summed E-state index contributed by atoms with van der Waals surface area (Å²) in [4.78, 5) is 29.6. The number of carboxylic acids is 2. The molecule has 0 saturated carbocycles. The topological polar surface area (TPSA) is 116 Å². The third-order valence-electron chi connectivity index (χ3n) is 6.48. The van der Waals surface area contributed by atoms with E-state index < -0.39 is 52.5 Å². The largest absolute Gasteiger partial charge is 0.490 e. The summed E-state index contributed by atoms with van der Waals surface area (Å²) in [6.45, 7) is 4.96. The molecule has 1 saturated heterocycles. The van der Waals surface area contributed by atoms with Crippen LogP contribution in [0.3, 0.4) is 0 Å². The average Bonchev–Trinajstić information content (AvgIpc) is 3.33. The number of ether oxygens (including phenoxy) is 1. The van der Waals surface area contributed by atoms with Crippen LogP contribution < -0.4 is 0 Å². The number of H-pyrrole nitrogens is 1. The van der Waals surface area contributed by atoms with Gasteiger partial charge in [0, 0.05) is 19.6 Å². The number of alkyl halides is 3. The van der Waals surface area contributed by atoms with Crippen LogP contribution >= 0.6 is 0 Å². The van der Waals surface area contributed by atoms with Crippen LogP contribution in [-0.4, -0.2) is 69.5 Å². The van der Waals surface area contributed by atoms with E-state index in [1.54, 1.807) is 19.1 Å². The molecule has 15 heteroatoms. The maximum atomic E-state index is 15.2. The SMILES string of the molecule is Cc1nc2c(C(=O)O)cc(-c3c(F)c(F)c(-c4ccc(CN5CCOCC5)cc4)c(F)c3F)cc2[nH]1.O=C(O)C(F)(F)F. The summed E-state index contributed by atoms with van der Waals surface area (Å²) < 4.78 is 97.9. The normalized spacial score (nSPS) is 14.0. The Kier molecular flexibility index (Phi) is 9.06. The Morgan fingerprint density at radius 1 is 0.907 bits per heavy atom. The van der Waals surface area contributed by atoms with E-state index in [4.69, 9.17) is 14.6 Å². The van der Waals surface area contributed by atoms with Crippen LogP contribution in [0.4, 0.5) is 30.7 Å². The first-order valence-electron chi connectivity index (χ1n) is 12.5. The number of fused-ring (bicyclic) bond motifs is 1. The standard InChI is InChI=1S/C26H21F4N3O3.C2HF3O2/c1-13-31-18-11-16(10-17(26(34)35)25(18)32-13)20-23(29)21(27)19(22(28)24(20)30)15-4-2-14(3-5-15)12-33-6-8-36-9-7-33;3-2(4,5)1(6)7/h2-5,10-11H,6-9,12H2,1H3,(H,31,32)(H,34,35);(H,6,7). The maximum Gasteiger partial charge on any atom is 0.490 e. The van der Waals surface area contributed by atoms with E-state index in [9.17, 15) is 23.1 Å². The average molecular weight is 613 g/mol. The van der Waals surface area contributed by atoms with Gasteiger partial charge in [-0.25, -0.2) is 32.1 Å². The third kappa shape index (κ3) is 6.78. The third-order valence-corrected chi connectivity index (χ3v) is 6.48. The Morgan fingerprint density at radius 2 is 1.42 bits per heavy atom. The van der Waals surface area contributed by atoms with E-state index in [2.05, 4.69) is 14.9 Å². The highest BCUT2D eigenvalue weighted by Crippen LogP contribution is 2.38. The van der Waals surface area contributed by atoms with Gasteiger partial charge < -0.3 is 19.9 Å². The summed E-state index contributed by atoms with van der Waals surface area (Å²) in [6.07, 6.45) is -5.08. The molecule has 0 unspecified atom stereocenters. The summed E-state index contributed by atoms with van der Waals surface area (Å²) in [7, 11) is 0. The van der Waals surface area contributed by atoms with Crippen molar-refractivity contribution in [3.05, 3.63) is 76.6 Å². The predicted octanol–water partition coefficient (Wildman–Crippen LogP) is 5.93. The van der Waals surface area contributed by atoms with Gasteiger partial charge in [-0.1, -0.05) is 24.3 Å². The molecule has 2 heterocycles. The Labute approximate surface area is 238 Å². The lowest BCUT2D eigenvalue weighted by molar-refractivity contribution is -0.192. The van der Waals surface area contributed by atoms with Gasteiger partial charge in [-0.2, -0.15) is 13.2 Å². The Balaban J connectivity index is 0.000000541. The number of aromatic nitrogens is 2. The lowest BCUT2D eigenvalue weighted by atomic mass is 9.95. The number of aromatic carboxylic acids is 1. The van der Waals surface area contributed by atoms with Crippen LogP contribution in [0.25, 0.3) is 33.3 Å². The first kappa shape index (κ1) is 31.4. The fourth-order valence-electron chi connectivity index (χ4n) is 4.48. The van der Waals surface area contributed by atoms with Gasteiger partial charge in [0.15, 0.2) is 23.3 Å². The predicted molar refractivity (Wildman–Crippen MR) is 138 cm³/mol. The number of halogens is 7. The fraction of sp³-hybridized carbons (Fsp3) is 0.250. The van der Waals surface area contributed by atoms with E-state index in [-0.39, 0.29) is 27.7 Å². The van der Waals surface area contributed by atoms with Crippen LogP contribution in [0, 0.1) is 30.2 Å². The smallest absolute Gasteiger partial charge is 0.478 e. The number of nitrogens with one attached hydrogen (secondary N) is 1. The molecule has 0 spiro atoms. The van der Waals surface area contributed by atoms with Crippen molar-refractivity contribution < 1.29 is 55.3 Å². The highest BCUT2D eigenvalue weighted by atomic mass is 19.4. The van der Waals surface area contributed by atoms with Crippen molar-refractivity contribution >= 4 is 23.0 Å². The highest BCUT2D eigenvalue weighted by Gasteiger charge is 2.38. The lowest BCUT2D eigenvalue weighted by Crippen LogP contribution is -2.35. The summed E-state index contributed by atoms with van der Waals surface area (Å²) in [6, 6.07) is 8.30. The summed E-state index contributed by atoms with van der Waals surface area (Å²) in [5.41, 5.74) is -1.41. The molecule has 1 aliphatic heterocycles. The van der Waals surface area contributed by atoms with Crippen LogP contribution in [0.5, 0.6) is 0 Å². The zero-order valence-corrected chi connectivity index (χ0v) is 22.2. The first-order valence-corrected chi connectivity index (χ1v) is 12.5. The van der Waals surface area contributed by atoms with E-state index in [0.717, 1.165) is 24.7 Å². The van der Waals surface area contributed by atoms with Gasteiger partial charge in [-0.05, 0) is 35.7 Å². The van der Waals surface area contributed by atoms with Gasteiger partial charge >= 0.3 is 18.1 Å². The number of hydrogen-bond donors (Lipinski definition) is 3. The zero-order valence-electron chi connectivity index (χ0n) is 22.2. The number of imidazole rings is 1. The molecule has 0 aliphatic carbocycles. The number of morpholine rings is 1. The molecule has 0 atom stereocenters. The molecule has 1 aromatic heterocycles. The zero-order chi connectivity index (χ0) is 31.6. The molecule has 43 heavy (non-hydrogen) atoms. The second-order valence-corrected chi connectivity index (χ2v) is 9.44. The Hall–Kier alpha value is -4.50. The number of aryl methyl sites for hydroxylation is 1. The van der Waals surface area contributed by atoms with Crippen LogP contribution in [-0.2, 0) is 16.1 Å². The minimum absolute atomic E-state index is 0.0223. The molecular formula is C28H22F7N3O5. The van der Waals surface area contributed by atoms with Crippen molar-refractivity contribution in [1.29, 1.82) is 0 Å². The van der Waals surface area contributed by atoms with Gasteiger partial charge in [-0.15, -0.1) is 0 Å². The van der Waals surface area contributed by atoms with Crippen LogP contribution in [0.1, 0.15) is 21.7 Å². The number of carboxylic acid groups (broad SMARTS) is 2. The molecular weight excluding hydrogens is 591 g/mol. The number of benzene rings is 3. The van der Waals surface area contributed by atoms with Gasteiger partial charge in [0.1, 0.15) is 11.3 Å². The molecule has 228 valence electrons. The van der Waals surface area contributed by atoms with Gasteiger partial charge in [-0.3, -0.25) is 4.90 Å². The van der Waals surface area contributed by atoms with Gasteiger partial charge in [0.25, 0.3) is 0 Å². The number of nitrogens with zero attached hydrogens (tertiary/aromatic N) is 2. The number of rotatable bonds is 5. The highest BCUT2D eigenvalue weighted by molar-refractivity contribution is 6.03. The van der Waals surface area contributed by atoms with Crippen molar-refractivity contribution in [3.8, 4) is 22.3 Å². The summed E-state index contributed by atoms with van der Waals surface area (Å²) in [5, 5.41) is 16.7. The molecule has 3 N–H and O–H groups in total. The van der Waals surface area contributed by atoms with E-state index in [1.165, 1.54) is 18.2 Å². The first-order chi connectivity index (χ1) is 20.2. The van der Waals surface area contributed by atoms with E-state index in [0.29, 0.717) is 25.6 Å². The van der Waals surface area contributed by atoms with Crippen LogP contribution in [0.2, 0.25) is 0 Å². The minimum Gasteiger partial charge on any atom is -0.478 e. The monoisotopic (exact) mass is 613 g/mol. The molecule has 0 radical (unpaired) electrons. The molecule has 0 bridgehead atoms. The second-order valence-electron chi connectivity index (χ2n) is 9.44. The lowest BCUT2D eigenvalue weighted by Gasteiger charge is -2.26. The number of carbonyl (C=O) groups is 2. The van der Waals surface area contributed by atoms with Crippen molar-refractivity contribution in [2.24, 2.45) is 0 Å². The fourth-order valence-corrected chi connectivity index (χ4v) is 4.48. The molecule has 5 rings (SSSR count). The van der Waals surface area contributed by atoms with Crippen molar-refractivity contribution in [1.82, 2.24) is 14.9 Å². The second kappa shape index (κ2) is 12.4. The summed E-state index contributed by atoms with van der Waals surface area (Å²) in [5.74, 6) is -10.2. The molecule has 4 aromatic rings. The molecule has 0 amide bonds. The molecule has 1 aliphatic rings. The van der Waals surface area contributed by atoms with E-state index in [1.807, 2.05) is 0 Å². The van der Waals surface area contributed by atoms with Gasteiger partial charge in [0.2, 0.25) is 0 Å². The molecule has 8 nitrogen and oxygen atoms in total. The van der Waals surface area contributed by atoms with Crippen LogP contribution in [0.15, 0.2) is 36.4 Å². The Morgan fingerprint density at radius 3 is 1.91 bits per heavy atom. The van der Waals surface area contributed by atoms with Crippen molar-refractivity contribution in [3.63, 3.8) is 0 Å². The number of aromatic amines is 1. The number of aliphatic carboxylic acids is 1. The molecule has 1 fully saturated rings. The molecule has 3 aromatic carbocycles. The van der Waals surface area contributed by atoms with E-state index >= 15 is 17.6 Å². The van der Waals surface area contributed by atoms with Gasteiger partial charge in [0.05, 0.1) is 35.4 Å². The van der Waals surface area contributed by atoms with Crippen molar-refractivity contribution in [2.45, 2.75) is 19.6 Å². The minimum atomic E-state index is -5.08. The Bertz CT molecular complexity index is 1650.